The summed E-state index contributed by atoms with van der Waals surface area (Å²) < 4.78 is 0. The molecule has 1 atom stereocenters. The van der Waals surface area contributed by atoms with Crippen LogP contribution in [0.2, 0.25) is 0 Å². The lowest BCUT2D eigenvalue weighted by Gasteiger charge is -2.31. The average molecular weight is 273 g/mol. The van der Waals surface area contributed by atoms with Crippen LogP contribution >= 0.6 is 11.8 Å². The number of nitrogens with one attached hydrogen (secondary N) is 1. The number of hydrogen-bond acceptors (Lipinski definition) is 3. The van der Waals surface area contributed by atoms with Gasteiger partial charge in [0.2, 0.25) is 0 Å². The largest absolute Gasteiger partial charge is 0.311 e. The average Bonchev–Trinajstić information content (AvgIpc) is 2.33. The lowest BCUT2D eigenvalue weighted by atomic mass is 10.1. The second-order valence-corrected chi connectivity index (χ2v) is 7.54. The van der Waals surface area contributed by atoms with E-state index in [4.69, 9.17) is 0 Å². The summed E-state index contributed by atoms with van der Waals surface area (Å²) in [5.41, 5.74) is 0. The van der Waals surface area contributed by atoms with E-state index in [0.29, 0.717) is 6.04 Å². The van der Waals surface area contributed by atoms with Gasteiger partial charge in [-0.3, -0.25) is 0 Å². The molecule has 0 spiro atoms. The van der Waals surface area contributed by atoms with E-state index in [1.54, 1.807) is 0 Å². The van der Waals surface area contributed by atoms with Gasteiger partial charge in [0.1, 0.15) is 0 Å². The minimum absolute atomic E-state index is 0.711. The molecule has 2 nitrogen and oxygen atoms in total. The van der Waals surface area contributed by atoms with Gasteiger partial charge >= 0.3 is 0 Å². The zero-order valence-corrected chi connectivity index (χ0v) is 13.6. The fourth-order valence-electron chi connectivity index (χ4n) is 2.22. The highest BCUT2D eigenvalue weighted by atomic mass is 32.2. The Kier molecular flexibility index (Phi) is 8.36. The Balaban J connectivity index is 2.31. The monoisotopic (exact) mass is 272 g/mol. The minimum atomic E-state index is 0.711. The van der Waals surface area contributed by atoms with Gasteiger partial charge in [-0.1, -0.05) is 27.7 Å². The molecule has 1 aliphatic rings. The molecule has 0 aromatic heterocycles. The van der Waals surface area contributed by atoms with E-state index in [2.05, 4.69) is 49.7 Å². The molecule has 0 aromatic rings. The van der Waals surface area contributed by atoms with E-state index in [-0.39, 0.29) is 0 Å². The maximum atomic E-state index is 3.66. The summed E-state index contributed by atoms with van der Waals surface area (Å²) in [5.74, 6) is 4.22. The second-order valence-electron chi connectivity index (χ2n) is 6.39. The first-order valence-corrected chi connectivity index (χ1v) is 8.77. The van der Waals surface area contributed by atoms with Crippen molar-refractivity contribution in [1.82, 2.24) is 10.2 Å². The van der Waals surface area contributed by atoms with Gasteiger partial charge in [0.25, 0.3) is 0 Å². The molecule has 3 heteroatoms. The predicted molar refractivity (Wildman–Crippen MR) is 84.5 cm³/mol. The van der Waals surface area contributed by atoms with Crippen LogP contribution in [0.5, 0.6) is 0 Å². The Bertz CT molecular complexity index is 189. The quantitative estimate of drug-likeness (QED) is 0.731. The molecule has 1 rings (SSSR count). The van der Waals surface area contributed by atoms with Gasteiger partial charge in [0.15, 0.2) is 0 Å². The van der Waals surface area contributed by atoms with Crippen LogP contribution in [-0.2, 0) is 0 Å². The number of hydrogen-bond donors (Lipinski definition) is 1. The second kappa shape index (κ2) is 9.22. The van der Waals surface area contributed by atoms with E-state index in [1.807, 2.05) is 0 Å². The first-order valence-electron chi connectivity index (χ1n) is 7.61. The van der Waals surface area contributed by atoms with Crippen LogP contribution in [0, 0.1) is 11.8 Å². The van der Waals surface area contributed by atoms with E-state index < -0.39 is 0 Å². The topological polar surface area (TPSA) is 15.3 Å². The molecule has 1 heterocycles. The summed E-state index contributed by atoms with van der Waals surface area (Å²) in [5, 5.41) is 3.66. The fourth-order valence-corrected chi connectivity index (χ4v) is 3.16. The van der Waals surface area contributed by atoms with E-state index >= 15 is 0 Å². The SMILES string of the molecule is CC(C)CCN(CCC(C)C)CC1CSCCN1. The third kappa shape index (κ3) is 7.65. The maximum absolute atomic E-state index is 3.66. The molecule has 1 fully saturated rings. The van der Waals surface area contributed by atoms with Crippen LogP contribution in [0.3, 0.4) is 0 Å². The number of thioether (sulfide) groups is 1. The van der Waals surface area contributed by atoms with Crippen LogP contribution in [0.15, 0.2) is 0 Å². The number of nitrogens with zero attached hydrogens (tertiary/aromatic N) is 1. The summed E-state index contributed by atoms with van der Waals surface area (Å²) in [6.07, 6.45) is 2.66. The highest BCUT2D eigenvalue weighted by Crippen LogP contribution is 2.12. The summed E-state index contributed by atoms with van der Waals surface area (Å²) in [7, 11) is 0. The van der Waals surface area contributed by atoms with Crippen molar-refractivity contribution in [3.63, 3.8) is 0 Å². The molecule has 1 aliphatic heterocycles. The summed E-state index contributed by atoms with van der Waals surface area (Å²) in [6, 6.07) is 0.711. The Labute approximate surface area is 118 Å². The lowest BCUT2D eigenvalue weighted by molar-refractivity contribution is 0.224. The predicted octanol–water partition coefficient (Wildman–Crippen LogP) is 3.09. The smallest absolute Gasteiger partial charge is 0.0285 e. The lowest BCUT2D eigenvalue weighted by Crippen LogP contribution is -2.46. The molecular weight excluding hydrogens is 240 g/mol. The Morgan fingerprint density at radius 1 is 1.11 bits per heavy atom. The molecule has 0 bridgehead atoms. The maximum Gasteiger partial charge on any atom is 0.0285 e. The highest BCUT2D eigenvalue weighted by molar-refractivity contribution is 7.99. The molecule has 0 radical (unpaired) electrons. The molecular formula is C15H32N2S. The minimum Gasteiger partial charge on any atom is -0.311 e. The van der Waals surface area contributed by atoms with Crippen molar-refractivity contribution in [2.24, 2.45) is 11.8 Å². The standard InChI is InChI=1S/C15H32N2S/c1-13(2)5-8-17(9-6-14(3)4)11-15-12-18-10-7-16-15/h13-16H,5-12H2,1-4H3. The van der Waals surface area contributed by atoms with Gasteiger partial charge in [0.05, 0.1) is 0 Å². The fraction of sp³-hybridized carbons (Fsp3) is 1.00. The molecule has 0 aliphatic carbocycles. The highest BCUT2D eigenvalue weighted by Gasteiger charge is 2.17. The van der Waals surface area contributed by atoms with Crippen molar-refractivity contribution in [1.29, 1.82) is 0 Å². The van der Waals surface area contributed by atoms with E-state index in [0.717, 1.165) is 11.8 Å². The van der Waals surface area contributed by atoms with Crippen LogP contribution in [0.4, 0.5) is 0 Å². The molecule has 108 valence electrons. The molecule has 0 amide bonds. The third-order valence-electron chi connectivity index (χ3n) is 3.52. The molecule has 1 N–H and O–H groups in total. The van der Waals surface area contributed by atoms with Crippen LogP contribution in [0.1, 0.15) is 40.5 Å². The molecule has 18 heavy (non-hydrogen) atoms. The molecule has 0 aromatic carbocycles. The van der Waals surface area contributed by atoms with Gasteiger partial charge in [-0.25, -0.2) is 0 Å². The van der Waals surface area contributed by atoms with E-state index in [1.165, 1.54) is 50.5 Å². The van der Waals surface area contributed by atoms with Crippen molar-refractivity contribution in [2.75, 3.05) is 37.7 Å². The molecule has 1 saturated heterocycles. The van der Waals surface area contributed by atoms with Crippen molar-refractivity contribution >= 4 is 11.8 Å². The molecule has 0 saturated carbocycles. The van der Waals surface area contributed by atoms with Gasteiger partial charge in [-0.15, -0.1) is 0 Å². The molecule has 1 unspecified atom stereocenters. The third-order valence-corrected chi connectivity index (χ3v) is 4.65. The normalized spacial score (nSPS) is 21.2. The number of rotatable bonds is 8. The first kappa shape index (κ1) is 16.3. The van der Waals surface area contributed by atoms with Crippen LogP contribution in [0.25, 0.3) is 0 Å². The van der Waals surface area contributed by atoms with E-state index in [9.17, 15) is 0 Å². The Hall–Kier alpha value is 0.270. The van der Waals surface area contributed by atoms with Crippen LogP contribution in [-0.4, -0.2) is 48.6 Å². The van der Waals surface area contributed by atoms with Crippen LogP contribution < -0.4 is 5.32 Å². The van der Waals surface area contributed by atoms with Gasteiger partial charge < -0.3 is 10.2 Å². The van der Waals surface area contributed by atoms with Gasteiger partial charge in [0, 0.05) is 30.6 Å². The zero-order chi connectivity index (χ0) is 13.4. The van der Waals surface area contributed by atoms with Gasteiger partial charge in [-0.2, -0.15) is 11.8 Å². The first-order chi connectivity index (χ1) is 8.58. The van der Waals surface area contributed by atoms with Crippen molar-refractivity contribution in [3.05, 3.63) is 0 Å². The van der Waals surface area contributed by atoms with Crippen molar-refractivity contribution in [3.8, 4) is 0 Å². The zero-order valence-electron chi connectivity index (χ0n) is 12.7. The summed E-state index contributed by atoms with van der Waals surface area (Å²) >= 11 is 2.10. The summed E-state index contributed by atoms with van der Waals surface area (Å²) in [4.78, 5) is 2.68. The van der Waals surface area contributed by atoms with Crippen molar-refractivity contribution < 1.29 is 0 Å². The summed E-state index contributed by atoms with van der Waals surface area (Å²) in [6.45, 7) is 14.3. The Morgan fingerprint density at radius 2 is 1.72 bits per heavy atom. The Morgan fingerprint density at radius 3 is 2.17 bits per heavy atom. The van der Waals surface area contributed by atoms with Gasteiger partial charge in [-0.05, 0) is 37.8 Å². The van der Waals surface area contributed by atoms with Crippen molar-refractivity contribution in [2.45, 2.75) is 46.6 Å².